The van der Waals surface area contributed by atoms with Crippen LogP contribution in [-0.4, -0.2) is 21.6 Å². The smallest absolute Gasteiger partial charge is 0.251 e. The maximum Gasteiger partial charge on any atom is 0.251 e. The van der Waals surface area contributed by atoms with Crippen LogP contribution in [-0.2, 0) is 0 Å². The average Bonchev–Trinajstić information content (AvgIpc) is 2.54. The van der Waals surface area contributed by atoms with E-state index < -0.39 is 17.6 Å². The van der Waals surface area contributed by atoms with Gasteiger partial charge in [-0.25, -0.2) is 0 Å². The fraction of sp³-hybridized carbons (Fsp3) is 0.278. The summed E-state index contributed by atoms with van der Waals surface area (Å²) in [6, 6.07) is 10.8. The molecule has 2 aromatic rings. The summed E-state index contributed by atoms with van der Waals surface area (Å²) in [4.78, 5) is 24.9. The lowest BCUT2D eigenvalue weighted by Gasteiger charge is -2.41. The fourth-order valence-electron chi connectivity index (χ4n) is 3.10. The van der Waals surface area contributed by atoms with Crippen LogP contribution < -0.4 is 5.56 Å². The van der Waals surface area contributed by atoms with Crippen molar-refractivity contribution in [3.05, 3.63) is 69.6 Å². The molecule has 0 bridgehead atoms. The summed E-state index contributed by atoms with van der Waals surface area (Å²) in [5.41, 5.74) is 0.0443. The number of benzene rings is 1. The van der Waals surface area contributed by atoms with Crippen LogP contribution in [0.1, 0.15) is 41.4 Å². The van der Waals surface area contributed by atoms with Crippen molar-refractivity contribution in [3.8, 4) is 6.07 Å². The lowest BCUT2D eigenvalue weighted by molar-refractivity contribution is 0.0134. The van der Waals surface area contributed by atoms with Crippen molar-refractivity contribution in [1.82, 2.24) is 4.57 Å². The Morgan fingerprint density at radius 3 is 2.61 bits per heavy atom. The lowest BCUT2D eigenvalue weighted by atomic mass is 9.68. The van der Waals surface area contributed by atoms with Crippen LogP contribution in [0.5, 0.6) is 0 Å². The molecule has 1 aliphatic rings. The van der Waals surface area contributed by atoms with Gasteiger partial charge < -0.3 is 9.67 Å². The summed E-state index contributed by atoms with van der Waals surface area (Å²) in [6.45, 7) is 3.34. The molecule has 3 rings (SSSR count). The second kappa shape index (κ2) is 5.18. The standard InChI is InChI=1S/C18H16N2O3/c1-18(2)16(22)12-7-6-11(10-19)9-13(12)15(17(18)23)20-8-4-3-5-14(20)21/h3-9,15,17,23H,1-2H3/t15-,17+/m0/s1. The number of hydrogen-bond donors (Lipinski definition) is 1. The van der Waals surface area contributed by atoms with Crippen molar-refractivity contribution in [3.63, 3.8) is 0 Å². The third-order valence-corrected chi connectivity index (χ3v) is 4.52. The molecule has 2 atom stereocenters. The van der Waals surface area contributed by atoms with Crippen molar-refractivity contribution in [2.45, 2.75) is 26.0 Å². The van der Waals surface area contributed by atoms with E-state index in [1.54, 1.807) is 50.4 Å². The Morgan fingerprint density at radius 2 is 1.96 bits per heavy atom. The lowest BCUT2D eigenvalue weighted by Crippen LogP contribution is -2.49. The Bertz CT molecular complexity index is 890. The molecular weight excluding hydrogens is 292 g/mol. The molecule has 116 valence electrons. The molecule has 1 heterocycles. The largest absolute Gasteiger partial charge is 0.390 e. The molecule has 0 spiro atoms. The number of nitriles is 1. The number of ketones is 1. The zero-order valence-electron chi connectivity index (χ0n) is 12.9. The molecule has 23 heavy (non-hydrogen) atoms. The Kier molecular flexibility index (Phi) is 3.42. The van der Waals surface area contributed by atoms with E-state index in [1.165, 1.54) is 10.6 Å². The summed E-state index contributed by atoms with van der Waals surface area (Å²) in [7, 11) is 0. The number of carbonyl (C=O) groups excluding carboxylic acids is 1. The molecule has 1 N–H and O–H groups in total. The van der Waals surface area contributed by atoms with Crippen molar-refractivity contribution in [1.29, 1.82) is 5.26 Å². The molecule has 5 heteroatoms. The zero-order valence-corrected chi connectivity index (χ0v) is 12.9. The maximum absolute atomic E-state index is 12.7. The Balaban J connectivity index is 2.33. The molecule has 0 saturated heterocycles. The molecule has 0 amide bonds. The number of aromatic nitrogens is 1. The molecule has 1 aromatic carbocycles. The van der Waals surface area contributed by atoms with Gasteiger partial charge in [-0.15, -0.1) is 0 Å². The highest BCUT2D eigenvalue weighted by molar-refractivity contribution is 6.03. The summed E-state index contributed by atoms with van der Waals surface area (Å²) >= 11 is 0. The van der Waals surface area contributed by atoms with E-state index >= 15 is 0 Å². The molecule has 0 aliphatic heterocycles. The van der Waals surface area contributed by atoms with Crippen LogP contribution in [0.15, 0.2) is 47.4 Å². The predicted octanol–water partition coefficient (Wildman–Crippen LogP) is 1.89. The molecule has 1 aromatic heterocycles. The van der Waals surface area contributed by atoms with Gasteiger partial charge in [-0.05, 0) is 43.7 Å². The minimum atomic E-state index is -1.07. The monoisotopic (exact) mass is 308 g/mol. The van der Waals surface area contributed by atoms with Gasteiger partial charge in [0.25, 0.3) is 5.56 Å². The normalized spacial score (nSPS) is 22.3. The quantitative estimate of drug-likeness (QED) is 0.872. The Labute approximate surface area is 133 Å². The van der Waals surface area contributed by atoms with Crippen LogP contribution in [0, 0.1) is 16.7 Å². The summed E-state index contributed by atoms with van der Waals surface area (Å²) in [5, 5.41) is 19.9. The molecule has 0 radical (unpaired) electrons. The van der Waals surface area contributed by atoms with Gasteiger partial charge in [0.15, 0.2) is 5.78 Å². The van der Waals surface area contributed by atoms with Crippen molar-refractivity contribution < 1.29 is 9.90 Å². The highest BCUT2D eigenvalue weighted by Gasteiger charge is 2.48. The van der Waals surface area contributed by atoms with E-state index in [9.17, 15) is 14.7 Å². The number of aliphatic hydroxyl groups is 1. The van der Waals surface area contributed by atoms with Crippen LogP contribution in [0.3, 0.4) is 0 Å². The van der Waals surface area contributed by atoms with Gasteiger partial charge in [0.05, 0.1) is 29.2 Å². The number of carbonyl (C=O) groups is 1. The average molecular weight is 308 g/mol. The number of hydrogen-bond acceptors (Lipinski definition) is 4. The molecule has 5 nitrogen and oxygen atoms in total. The second-order valence-corrected chi connectivity index (χ2v) is 6.30. The first-order valence-electron chi connectivity index (χ1n) is 7.32. The van der Waals surface area contributed by atoms with Gasteiger partial charge in [0.2, 0.25) is 0 Å². The summed E-state index contributed by atoms with van der Waals surface area (Å²) < 4.78 is 1.42. The SMILES string of the molecule is CC1(C)C(=O)c2ccc(C#N)cc2[C@H](n2ccccc2=O)[C@H]1O. The van der Waals surface area contributed by atoms with E-state index in [0.717, 1.165) is 0 Å². The maximum atomic E-state index is 12.7. The van der Waals surface area contributed by atoms with Gasteiger partial charge in [0, 0.05) is 17.8 Å². The highest BCUT2D eigenvalue weighted by Crippen LogP contribution is 2.42. The Hall–Kier alpha value is -2.71. The number of fused-ring (bicyclic) bond motifs is 1. The van der Waals surface area contributed by atoms with Crippen molar-refractivity contribution >= 4 is 5.78 Å². The van der Waals surface area contributed by atoms with Crippen LogP contribution in [0.25, 0.3) is 0 Å². The first kappa shape index (κ1) is 15.2. The number of rotatable bonds is 1. The first-order chi connectivity index (χ1) is 10.9. The van der Waals surface area contributed by atoms with Gasteiger partial charge in [-0.3, -0.25) is 9.59 Å². The summed E-state index contributed by atoms with van der Waals surface area (Å²) in [5.74, 6) is -0.190. The Morgan fingerprint density at radius 1 is 1.22 bits per heavy atom. The first-order valence-corrected chi connectivity index (χ1v) is 7.32. The molecule has 0 unspecified atom stereocenters. The van der Waals surface area contributed by atoms with E-state index in [-0.39, 0.29) is 11.3 Å². The second-order valence-electron chi connectivity index (χ2n) is 6.30. The van der Waals surface area contributed by atoms with Crippen molar-refractivity contribution in [2.24, 2.45) is 5.41 Å². The van der Waals surface area contributed by atoms with E-state index in [4.69, 9.17) is 5.26 Å². The fourth-order valence-corrected chi connectivity index (χ4v) is 3.10. The van der Waals surface area contributed by atoms with Crippen LogP contribution >= 0.6 is 0 Å². The predicted molar refractivity (Wildman–Crippen MR) is 84.1 cm³/mol. The van der Waals surface area contributed by atoms with E-state index in [1.807, 2.05) is 6.07 Å². The molecule has 0 saturated carbocycles. The third kappa shape index (κ3) is 2.19. The molecule has 1 aliphatic carbocycles. The number of nitrogens with zero attached hydrogens (tertiary/aromatic N) is 2. The van der Waals surface area contributed by atoms with Crippen LogP contribution in [0.2, 0.25) is 0 Å². The topological polar surface area (TPSA) is 83.1 Å². The third-order valence-electron chi connectivity index (χ3n) is 4.52. The van der Waals surface area contributed by atoms with Gasteiger partial charge in [-0.2, -0.15) is 5.26 Å². The summed E-state index contributed by atoms with van der Waals surface area (Å²) in [6.07, 6.45) is 0.516. The number of Topliss-reactive ketones (excluding diaryl/α,β-unsaturated/α-hetero) is 1. The van der Waals surface area contributed by atoms with E-state index in [0.29, 0.717) is 16.7 Å². The molecular formula is C18H16N2O3. The zero-order chi connectivity index (χ0) is 16.8. The van der Waals surface area contributed by atoms with Gasteiger partial charge >= 0.3 is 0 Å². The van der Waals surface area contributed by atoms with E-state index in [2.05, 4.69) is 0 Å². The minimum Gasteiger partial charge on any atom is -0.390 e. The number of aliphatic hydroxyl groups excluding tert-OH is 1. The van der Waals surface area contributed by atoms with Crippen LogP contribution in [0.4, 0.5) is 0 Å². The number of pyridine rings is 1. The minimum absolute atomic E-state index is 0.190. The van der Waals surface area contributed by atoms with Gasteiger partial charge in [0.1, 0.15) is 0 Å². The van der Waals surface area contributed by atoms with Gasteiger partial charge in [-0.1, -0.05) is 6.07 Å². The van der Waals surface area contributed by atoms with Crippen molar-refractivity contribution in [2.75, 3.05) is 0 Å². The highest BCUT2D eigenvalue weighted by atomic mass is 16.3. The molecule has 0 fully saturated rings.